The zero-order valence-electron chi connectivity index (χ0n) is 19.5. The van der Waals surface area contributed by atoms with Crippen LogP contribution in [0.3, 0.4) is 0 Å². The summed E-state index contributed by atoms with van der Waals surface area (Å²) in [5.74, 6) is 1.32. The summed E-state index contributed by atoms with van der Waals surface area (Å²) in [6.45, 7) is 2.11. The van der Waals surface area contributed by atoms with Crippen molar-refractivity contribution in [3.8, 4) is 17.4 Å². The maximum Gasteiger partial charge on any atom is 0.258 e. The van der Waals surface area contributed by atoms with Crippen molar-refractivity contribution in [1.29, 1.82) is 0 Å². The molecule has 0 spiro atoms. The van der Waals surface area contributed by atoms with Gasteiger partial charge < -0.3 is 29.2 Å². The third-order valence-corrected chi connectivity index (χ3v) is 6.50. The molecule has 1 amide bonds. The van der Waals surface area contributed by atoms with Gasteiger partial charge in [0.1, 0.15) is 18.0 Å². The number of carbonyl (C=O) groups excluding carboxylic acids is 1. The van der Waals surface area contributed by atoms with Crippen LogP contribution in [0.25, 0.3) is 0 Å². The molecule has 1 aromatic heterocycles. The number of halogens is 1. The summed E-state index contributed by atoms with van der Waals surface area (Å²) in [7, 11) is 0. The normalized spacial score (nSPS) is 17.8. The highest BCUT2D eigenvalue weighted by atomic mass is 19.1. The third kappa shape index (κ3) is 4.51. The highest BCUT2D eigenvalue weighted by Gasteiger charge is 2.29. The number of anilines is 2. The van der Waals surface area contributed by atoms with Crippen LogP contribution in [0, 0.1) is 5.82 Å². The quantitative estimate of drug-likeness (QED) is 0.535. The van der Waals surface area contributed by atoms with Crippen molar-refractivity contribution in [3.63, 3.8) is 0 Å². The number of carbonyl (C=O) groups is 1. The lowest BCUT2D eigenvalue weighted by Gasteiger charge is -2.19. The minimum atomic E-state index is -0.337. The Morgan fingerprint density at radius 3 is 2.83 bits per heavy atom. The molecular weight excluding hydrogens is 467 g/mol. The molecule has 9 nitrogen and oxygen atoms in total. The Morgan fingerprint density at radius 2 is 2.03 bits per heavy atom. The monoisotopic (exact) mass is 492 g/mol. The smallest absolute Gasteiger partial charge is 0.258 e. The van der Waals surface area contributed by atoms with Crippen molar-refractivity contribution in [2.75, 3.05) is 31.4 Å². The van der Waals surface area contributed by atoms with Crippen molar-refractivity contribution in [2.24, 2.45) is 0 Å². The predicted octanol–water partition coefficient (Wildman–Crippen LogP) is 3.53. The fourth-order valence-electron chi connectivity index (χ4n) is 4.58. The molecule has 1 fully saturated rings. The van der Waals surface area contributed by atoms with Crippen molar-refractivity contribution < 1.29 is 28.1 Å². The first-order valence-electron chi connectivity index (χ1n) is 12.0. The molecule has 0 aliphatic carbocycles. The molecule has 4 heterocycles. The summed E-state index contributed by atoms with van der Waals surface area (Å²) >= 11 is 0. The van der Waals surface area contributed by atoms with Gasteiger partial charge in [0.05, 0.1) is 11.8 Å². The zero-order valence-corrected chi connectivity index (χ0v) is 19.5. The molecule has 186 valence electrons. The number of amides is 1. The van der Waals surface area contributed by atoms with E-state index in [1.54, 1.807) is 12.1 Å². The van der Waals surface area contributed by atoms with Crippen LogP contribution in [0.5, 0.6) is 17.4 Å². The van der Waals surface area contributed by atoms with E-state index in [1.165, 1.54) is 18.3 Å². The van der Waals surface area contributed by atoms with Gasteiger partial charge in [-0.05, 0) is 48.6 Å². The minimum Gasteiger partial charge on any atom is -0.472 e. The number of rotatable bonds is 7. The Bertz CT molecular complexity index is 1280. The molecule has 1 saturated heterocycles. The second-order valence-corrected chi connectivity index (χ2v) is 8.88. The van der Waals surface area contributed by atoms with Crippen molar-refractivity contribution in [1.82, 2.24) is 15.3 Å². The molecular formula is C26H25FN4O5. The van der Waals surface area contributed by atoms with Crippen LogP contribution < -0.4 is 24.4 Å². The largest absolute Gasteiger partial charge is 0.472 e. The van der Waals surface area contributed by atoms with E-state index in [0.29, 0.717) is 31.4 Å². The van der Waals surface area contributed by atoms with Gasteiger partial charge in [-0.1, -0.05) is 12.1 Å². The van der Waals surface area contributed by atoms with Crippen LogP contribution in [0.4, 0.5) is 16.0 Å². The first-order chi connectivity index (χ1) is 17.6. The van der Waals surface area contributed by atoms with Crippen molar-refractivity contribution in [3.05, 3.63) is 65.1 Å². The highest BCUT2D eigenvalue weighted by Crippen LogP contribution is 2.43. The number of aromatic nitrogens is 2. The third-order valence-electron chi connectivity index (χ3n) is 6.50. The average Bonchev–Trinajstić information content (AvgIpc) is 3.66. The van der Waals surface area contributed by atoms with Gasteiger partial charge in [0.2, 0.25) is 18.6 Å². The van der Waals surface area contributed by atoms with E-state index in [-0.39, 0.29) is 42.7 Å². The molecule has 3 aromatic rings. The summed E-state index contributed by atoms with van der Waals surface area (Å²) in [4.78, 5) is 24.1. The van der Waals surface area contributed by atoms with Crippen LogP contribution in [-0.2, 0) is 17.8 Å². The number of ether oxygens (including phenoxy) is 4. The van der Waals surface area contributed by atoms with E-state index in [4.69, 9.17) is 18.9 Å². The van der Waals surface area contributed by atoms with Gasteiger partial charge in [0, 0.05) is 32.0 Å². The number of nitrogens with one attached hydrogen (secondary N) is 1. The first kappa shape index (κ1) is 22.5. The topological polar surface area (TPSA) is 95.0 Å². The summed E-state index contributed by atoms with van der Waals surface area (Å²) in [6.07, 6.45) is 4.19. The Labute approximate surface area is 207 Å². The van der Waals surface area contributed by atoms with E-state index >= 15 is 0 Å². The van der Waals surface area contributed by atoms with Crippen LogP contribution in [0.15, 0.2) is 42.6 Å². The van der Waals surface area contributed by atoms with Gasteiger partial charge in [-0.2, -0.15) is 4.98 Å². The van der Waals surface area contributed by atoms with Crippen LogP contribution >= 0.6 is 0 Å². The Kier molecular flexibility index (Phi) is 6.02. The molecule has 3 aliphatic rings. The number of nitrogens with zero attached hydrogens (tertiary/aromatic N) is 3. The van der Waals surface area contributed by atoms with Crippen LogP contribution in [0.2, 0.25) is 0 Å². The van der Waals surface area contributed by atoms with Crippen LogP contribution in [-0.4, -0.2) is 48.5 Å². The van der Waals surface area contributed by atoms with Gasteiger partial charge in [-0.3, -0.25) is 4.79 Å². The Balaban J connectivity index is 1.27. The molecule has 6 rings (SSSR count). The van der Waals surface area contributed by atoms with Gasteiger partial charge in [-0.15, -0.1) is 0 Å². The van der Waals surface area contributed by atoms with Crippen LogP contribution in [0.1, 0.15) is 34.3 Å². The first-order valence-corrected chi connectivity index (χ1v) is 12.0. The summed E-state index contributed by atoms with van der Waals surface area (Å²) in [6, 6.07) is 9.91. The Hall–Kier alpha value is -3.92. The maximum atomic E-state index is 13.3. The fraction of sp³-hybridized carbons (Fsp3) is 0.346. The second kappa shape index (κ2) is 9.62. The fourth-order valence-corrected chi connectivity index (χ4v) is 4.58. The van der Waals surface area contributed by atoms with E-state index in [1.807, 2.05) is 17.0 Å². The number of fused-ring (bicyclic) bond motifs is 2. The lowest BCUT2D eigenvalue weighted by Crippen LogP contribution is -2.32. The molecule has 0 bridgehead atoms. The van der Waals surface area contributed by atoms with E-state index < -0.39 is 0 Å². The minimum absolute atomic E-state index is 0.00625. The molecule has 0 radical (unpaired) electrons. The molecule has 1 unspecified atom stereocenters. The maximum absolute atomic E-state index is 13.3. The predicted molar refractivity (Wildman–Crippen MR) is 127 cm³/mol. The SMILES string of the molecule is O=C(NCC1CCCO1)c1cnc(N2CCc3cc4c(cc32)OCO4)nc1OCc1ccc(F)cc1. The van der Waals surface area contributed by atoms with Crippen molar-refractivity contribution >= 4 is 17.5 Å². The number of benzene rings is 2. The van der Waals surface area contributed by atoms with E-state index in [2.05, 4.69) is 15.3 Å². The standard InChI is InChI=1S/C26H25FN4O5/c27-18-5-3-16(4-6-18)14-34-25-20(24(32)28-12-19-2-1-9-33-19)13-29-26(30-25)31-8-7-17-10-22-23(11-21(17)31)36-15-35-22/h3-6,10-11,13,19H,1-2,7-9,12,14-15H2,(H,28,32). The molecule has 0 saturated carbocycles. The van der Waals surface area contributed by atoms with Gasteiger partial charge in [-0.25, -0.2) is 9.37 Å². The second-order valence-electron chi connectivity index (χ2n) is 8.88. The highest BCUT2D eigenvalue weighted by molar-refractivity contribution is 5.96. The van der Waals surface area contributed by atoms with Gasteiger partial charge >= 0.3 is 0 Å². The van der Waals surface area contributed by atoms with E-state index in [9.17, 15) is 9.18 Å². The molecule has 2 aromatic carbocycles. The molecule has 3 aliphatic heterocycles. The van der Waals surface area contributed by atoms with Gasteiger partial charge in [0.25, 0.3) is 5.91 Å². The number of hydrogen-bond acceptors (Lipinski definition) is 8. The number of hydrogen-bond donors (Lipinski definition) is 1. The Morgan fingerprint density at radius 1 is 1.19 bits per heavy atom. The molecule has 10 heteroatoms. The van der Waals surface area contributed by atoms with E-state index in [0.717, 1.165) is 41.8 Å². The lowest BCUT2D eigenvalue weighted by atomic mass is 10.1. The summed E-state index contributed by atoms with van der Waals surface area (Å²) in [5, 5.41) is 2.90. The van der Waals surface area contributed by atoms with Crippen molar-refractivity contribution in [2.45, 2.75) is 32.0 Å². The lowest BCUT2D eigenvalue weighted by molar-refractivity contribution is 0.0853. The summed E-state index contributed by atoms with van der Waals surface area (Å²) in [5.41, 5.74) is 3.01. The summed E-state index contributed by atoms with van der Waals surface area (Å²) < 4.78 is 35.9. The molecule has 1 N–H and O–H groups in total. The average molecular weight is 493 g/mol. The van der Waals surface area contributed by atoms with Gasteiger partial charge in [0.15, 0.2) is 11.5 Å². The molecule has 1 atom stereocenters. The zero-order chi connectivity index (χ0) is 24.5. The molecule has 36 heavy (non-hydrogen) atoms.